The van der Waals surface area contributed by atoms with Crippen LogP contribution in [0.1, 0.15) is 11.1 Å². The molecule has 0 saturated carbocycles. The van der Waals surface area contributed by atoms with Crippen LogP contribution in [0.2, 0.25) is 5.02 Å². The van der Waals surface area contributed by atoms with Gasteiger partial charge in [0.05, 0.1) is 24.9 Å². The number of aromatic hydroxyl groups is 1. The van der Waals surface area contributed by atoms with Crippen molar-refractivity contribution in [1.29, 1.82) is 0 Å². The van der Waals surface area contributed by atoms with E-state index >= 15 is 0 Å². The smallest absolute Gasteiger partial charge is 0.292 e. The molecular formula is C27H24ClN3O3. The molecule has 4 aromatic rings. The lowest BCUT2D eigenvalue weighted by Gasteiger charge is -2.26. The van der Waals surface area contributed by atoms with Gasteiger partial charge in [-0.1, -0.05) is 84.4 Å². The lowest BCUT2D eigenvalue weighted by atomic mass is 10.1. The van der Waals surface area contributed by atoms with Crippen molar-refractivity contribution in [1.82, 2.24) is 9.78 Å². The predicted octanol–water partition coefficient (Wildman–Crippen LogP) is 5.66. The highest BCUT2D eigenvalue weighted by molar-refractivity contribution is 6.33. The van der Waals surface area contributed by atoms with Crippen LogP contribution in [0.25, 0.3) is 6.08 Å². The maximum absolute atomic E-state index is 13.5. The van der Waals surface area contributed by atoms with E-state index in [1.54, 1.807) is 23.1 Å². The average Bonchev–Trinajstić information content (AvgIpc) is 2.86. The fourth-order valence-electron chi connectivity index (χ4n) is 3.60. The van der Waals surface area contributed by atoms with Crippen LogP contribution in [0.5, 0.6) is 11.5 Å². The van der Waals surface area contributed by atoms with Gasteiger partial charge in [0.15, 0.2) is 11.5 Å². The molecule has 0 unspecified atom stereocenters. The molecule has 1 N–H and O–H groups in total. The molecule has 0 spiro atoms. The second-order valence-corrected chi connectivity index (χ2v) is 7.98. The quantitative estimate of drug-likeness (QED) is 0.357. The molecule has 0 atom stereocenters. The Morgan fingerprint density at radius 1 is 1.06 bits per heavy atom. The van der Waals surface area contributed by atoms with Crippen LogP contribution in [0.4, 0.5) is 11.4 Å². The summed E-state index contributed by atoms with van der Waals surface area (Å²) in [4.78, 5) is 15.3. The van der Waals surface area contributed by atoms with Gasteiger partial charge in [0.25, 0.3) is 5.56 Å². The second kappa shape index (κ2) is 10.7. The van der Waals surface area contributed by atoms with Crippen molar-refractivity contribution in [3.8, 4) is 11.5 Å². The van der Waals surface area contributed by atoms with Gasteiger partial charge >= 0.3 is 0 Å². The van der Waals surface area contributed by atoms with Gasteiger partial charge in [-0.25, -0.2) is 4.68 Å². The van der Waals surface area contributed by atoms with Crippen molar-refractivity contribution in [3.63, 3.8) is 0 Å². The molecule has 172 valence electrons. The number of rotatable bonds is 8. The van der Waals surface area contributed by atoms with Crippen LogP contribution in [0.15, 0.2) is 95.9 Å². The van der Waals surface area contributed by atoms with Gasteiger partial charge in [-0.3, -0.25) is 4.79 Å². The molecule has 1 heterocycles. The Balaban J connectivity index is 1.74. The molecule has 3 aromatic carbocycles. The van der Waals surface area contributed by atoms with Gasteiger partial charge in [-0.05, 0) is 23.3 Å². The largest absolute Gasteiger partial charge is 0.504 e. The van der Waals surface area contributed by atoms with Crippen molar-refractivity contribution >= 4 is 29.1 Å². The van der Waals surface area contributed by atoms with Crippen molar-refractivity contribution in [2.45, 2.75) is 13.1 Å². The maximum Gasteiger partial charge on any atom is 0.292 e. The summed E-state index contributed by atoms with van der Waals surface area (Å²) in [6.07, 6.45) is 5.28. The van der Waals surface area contributed by atoms with E-state index in [0.717, 1.165) is 11.1 Å². The third kappa shape index (κ3) is 5.30. The Kier molecular flexibility index (Phi) is 7.30. The zero-order valence-electron chi connectivity index (χ0n) is 18.6. The van der Waals surface area contributed by atoms with Gasteiger partial charge in [0.1, 0.15) is 5.69 Å². The number of hydrogen-bond acceptors (Lipinski definition) is 5. The summed E-state index contributed by atoms with van der Waals surface area (Å²) in [7, 11) is 1.48. The summed E-state index contributed by atoms with van der Waals surface area (Å²) in [5.41, 5.74) is 2.54. The summed E-state index contributed by atoms with van der Waals surface area (Å²) in [5, 5.41) is 14.8. The van der Waals surface area contributed by atoms with E-state index in [9.17, 15) is 9.90 Å². The molecule has 0 saturated heterocycles. The van der Waals surface area contributed by atoms with E-state index in [1.807, 2.05) is 72.8 Å². The van der Waals surface area contributed by atoms with E-state index in [4.69, 9.17) is 16.3 Å². The number of hydrogen-bond donors (Lipinski definition) is 1. The number of benzene rings is 3. The third-order valence-corrected chi connectivity index (χ3v) is 5.57. The molecule has 0 fully saturated rings. The maximum atomic E-state index is 13.5. The Bertz CT molecular complexity index is 1340. The Morgan fingerprint density at radius 2 is 1.76 bits per heavy atom. The highest BCUT2D eigenvalue weighted by atomic mass is 35.5. The number of methoxy groups -OCH3 is 1. The number of nitrogens with zero attached hydrogens (tertiary/aromatic N) is 3. The first kappa shape index (κ1) is 23.1. The molecule has 0 amide bonds. The normalized spacial score (nSPS) is 11.0. The van der Waals surface area contributed by atoms with Crippen molar-refractivity contribution in [2.75, 3.05) is 12.0 Å². The Morgan fingerprint density at radius 3 is 2.44 bits per heavy atom. The van der Waals surface area contributed by atoms with E-state index in [2.05, 4.69) is 5.10 Å². The zero-order valence-corrected chi connectivity index (χ0v) is 19.4. The lowest BCUT2D eigenvalue weighted by molar-refractivity contribution is 0.373. The minimum absolute atomic E-state index is 0.0330. The first-order valence-electron chi connectivity index (χ1n) is 10.7. The van der Waals surface area contributed by atoms with Gasteiger partial charge in [0.2, 0.25) is 0 Å². The molecule has 0 aliphatic heterocycles. The minimum Gasteiger partial charge on any atom is -0.504 e. The monoisotopic (exact) mass is 473 g/mol. The number of phenols is 1. The Hall–Kier alpha value is -4.03. The van der Waals surface area contributed by atoms with Gasteiger partial charge in [-0.2, -0.15) is 5.10 Å². The highest BCUT2D eigenvalue weighted by Crippen LogP contribution is 2.35. The summed E-state index contributed by atoms with van der Waals surface area (Å²) in [6, 6.07) is 24.5. The molecule has 0 bridgehead atoms. The number of phenolic OH excluding ortho intramolecular Hbond substituents is 1. The highest BCUT2D eigenvalue weighted by Gasteiger charge is 2.20. The molecule has 1 aromatic heterocycles. The van der Waals surface area contributed by atoms with E-state index in [0.29, 0.717) is 18.0 Å². The first-order valence-corrected chi connectivity index (χ1v) is 11.1. The molecule has 0 aliphatic rings. The average molecular weight is 474 g/mol. The van der Waals surface area contributed by atoms with Crippen LogP contribution >= 0.6 is 11.6 Å². The summed E-state index contributed by atoms with van der Waals surface area (Å²) in [5.74, 6) is 0.307. The number of allylic oxidation sites excluding steroid dienone is 1. The first-order chi connectivity index (χ1) is 16.6. The van der Waals surface area contributed by atoms with Crippen molar-refractivity contribution in [2.24, 2.45) is 0 Å². The van der Waals surface area contributed by atoms with E-state index in [-0.39, 0.29) is 28.6 Å². The second-order valence-electron chi connectivity index (χ2n) is 7.57. The molecular weight excluding hydrogens is 450 g/mol. The number of halogens is 1. The van der Waals surface area contributed by atoms with Crippen LogP contribution in [-0.2, 0) is 13.1 Å². The van der Waals surface area contributed by atoms with Crippen LogP contribution in [0.3, 0.4) is 0 Å². The molecule has 0 aliphatic carbocycles. The number of anilines is 2. The topological polar surface area (TPSA) is 67.6 Å². The predicted molar refractivity (Wildman–Crippen MR) is 136 cm³/mol. The third-order valence-electron chi connectivity index (χ3n) is 5.29. The van der Waals surface area contributed by atoms with E-state index in [1.165, 1.54) is 18.0 Å². The standard InChI is InChI=1S/C27H24ClN3O3/c1-34-25-15-14-22(17-24(25)32)30(19-21-11-6-3-7-12-21)26-23(28)18-29-31(27(26)33)16-8-13-20-9-4-2-5-10-20/h2-15,17-18,32H,16,19H2,1H3/b13-8+. The van der Waals surface area contributed by atoms with Gasteiger partial charge < -0.3 is 14.7 Å². The minimum atomic E-state index is -0.337. The Labute approximate surface area is 202 Å². The fraction of sp³-hybridized carbons (Fsp3) is 0.111. The molecule has 0 radical (unpaired) electrons. The number of ether oxygens (including phenoxy) is 1. The summed E-state index contributed by atoms with van der Waals surface area (Å²) >= 11 is 6.52. The molecule has 7 heteroatoms. The lowest BCUT2D eigenvalue weighted by Crippen LogP contribution is -2.30. The van der Waals surface area contributed by atoms with Gasteiger partial charge in [-0.15, -0.1) is 0 Å². The summed E-state index contributed by atoms with van der Waals surface area (Å²) in [6.45, 7) is 0.649. The van der Waals surface area contributed by atoms with Crippen LogP contribution < -0.4 is 15.2 Å². The SMILES string of the molecule is COc1ccc(N(Cc2ccccc2)c2c(Cl)cnn(C/C=C/c3ccccc3)c2=O)cc1O. The zero-order chi connectivity index (χ0) is 23.9. The number of aromatic nitrogens is 2. The van der Waals surface area contributed by atoms with Crippen LogP contribution in [-0.4, -0.2) is 22.0 Å². The molecule has 6 nitrogen and oxygen atoms in total. The van der Waals surface area contributed by atoms with E-state index < -0.39 is 0 Å². The summed E-state index contributed by atoms with van der Waals surface area (Å²) < 4.78 is 6.54. The van der Waals surface area contributed by atoms with Crippen molar-refractivity contribution < 1.29 is 9.84 Å². The van der Waals surface area contributed by atoms with Crippen molar-refractivity contribution in [3.05, 3.63) is 118 Å². The molecule has 4 rings (SSSR count). The fourth-order valence-corrected chi connectivity index (χ4v) is 3.82. The molecule has 34 heavy (non-hydrogen) atoms. The van der Waals surface area contributed by atoms with Crippen LogP contribution in [0, 0.1) is 0 Å². The van der Waals surface area contributed by atoms with Gasteiger partial charge in [0, 0.05) is 18.3 Å².